The Morgan fingerprint density at radius 1 is 0.826 bits per heavy atom. The van der Waals surface area contributed by atoms with Gasteiger partial charge in [-0.25, -0.2) is 4.98 Å². The summed E-state index contributed by atoms with van der Waals surface area (Å²) in [5.41, 5.74) is 1.42. The monoisotopic (exact) mass is 314 g/mol. The molecule has 118 valence electrons. The summed E-state index contributed by atoms with van der Waals surface area (Å²) >= 11 is 0. The quantitative estimate of drug-likeness (QED) is 0.709. The Kier molecular flexibility index (Phi) is 4.05. The number of aromatic nitrogens is 4. The van der Waals surface area contributed by atoms with Crippen molar-refractivity contribution in [1.82, 2.24) is 19.9 Å². The highest BCUT2D eigenvalue weighted by Gasteiger charge is 2.16. The van der Waals surface area contributed by atoms with Crippen molar-refractivity contribution in [2.45, 2.75) is 6.92 Å². The Morgan fingerprint density at radius 2 is 1.43 bits per heavy atom. The third-order valence-electron chi connectivity index (χ3n) is 2.90. The van der Waals surface area contributed by atoms with Gasteiger partial charge in [0, 0.05) is 5.56 Å². The fourth-order valence-electron chi connectivity index (χ4n) is 1.81. The molecule has 2 heterocycles. The second-order valence-corrected chi connectivity index (χ2v) is 4.45. The van der Waals surface area contributed by atoms with E-state index in [0.717, 1.165) is 5.56 Å². The van der Waals surface area contributed by atoms with E-state index in [1.54, 1.807) is 6.92 Å². The van der Waals surface area contributed by atoms with Gasteiger partial charge in [-0.15, -0.1) is 15.0 Å². The molecule has 0 saturated heterocycles. The van der Waals surface area contributed by atoms with Gasteiger partial charge in [-0.2, -0.15) is 0 Å². The minimum absolute atomic E-state index is 0.00689. The van der Waals surface area contributed by atoms with E-state index in [1.807, 2.05) is 30.3 Å². The largest absolute Gasteiger partial charge is 0.467 e. The number of methoxy groups -OCH3 is 2. The molecule has 1 aromatic carbocycles. The lowest BCUT2D eigenvalue weighted by Gasteiger charge is -2.04. The van der Waals surface area contributed by atoms with Crippen molar-refractivity contribution < 1.29 is 18.6 Å². The van der Waals surface area contributed by atoms with Crippen LogP contribution in [0.3, 0.4) is 0 Å². The first-order chi connectivity index (χ1) is 11.2. The van der Waals surface area contributed by atoms with Crippen molar-refractivity contribution >= 4 is 0 Å². The van der Waals surface area contributed by atoms with Crippen molar-refractivity contribution in [1.29, 1.82) is 0 Å². The molecule has 23 heavy (non-hydrogen) atoms. The first-order valence-corrected chi connectivity index (χ1v) is 6.74. The van der Waals surface area contributed by atoms with Crippen LogP contribution in [0.4, 0.5) is 0 Å². The molecule has 0 amide bonds. The van der Waals surface area contributed by atoms with E-state index in [0.29, 0.717) is 11.6 Å². The van der Waals surface area contributed by atoms with Crippen molar-refractivity contribution in [2.75, 3.05) is 14.2 Å². The van der Waals surface area contributed by atoms with Crippen LogP contribution in [0.15, 0.2) is 34.7 Å². The SMILES string of the molecule is COc1nc(OC)nc(Oc2oc(-c3ccccc3)nc2C)n1. The van der Waals surface area contributed by atoms with Crippen LogP contribution >= 0.6 is 0 Å². The van der Waals surface area contributed by atoms with Crippen LogP contribution in [0.1, 0.15) is 5.69 Å². The lowest BCUT2D eigenvalue weighted by molar-refractivity contribution is 0.293. The summed E-state index contributed by atoms with van der Waals surface area (Å²) in [4.78, 5) is 16.2. The molecule has 0 radical (unpaired) electrons. The molecule has 3 aromatic rings. The Hall–Kier alpha value is -3.16. The molecule has 0 aliphatic heterocycles. The minimum atomic E-state index is -0.00689. The van der Waals surface area contributed by atoms with Gasteiger partial charge in [0.1, 0.15) is 5.69 Å². The Bertz CT molecular complexity index is 782. The number of hydrogen-bond acceptors (Lipinski definition) is 8. The van der Waals surface area contributed by atoms with Crippen LogP contribution in [0.5, 0.6) is 24.0 Å². The normalized spacial score (nSPS) is 10.4. The molecule has 2 aromatic heterocycles. The zero-order chi connectivity index (χ0) is 16.2. The highest BCUT2D eigenvalue weighted by Crippen LogP contribution is 2.29. The average molecular weight is 314 g/mol. The van der Waals surface area contributed by atoms with Crippen LogP contribution in [-0.2, 0) is 0 Å². The van der Waals surface area contributed by atoms with Gasteiger partial charge in [-0.05, 0) is 19.1 Å². The molecule has 8 heteroatoms. The molecule has 0 aliphatic rings. The van der Waals surface area contributed by atoms with Crippen molar-refractivity contribution in [3.63, 3.8) is 0 Å². The van der Waals surface area contributed by atoms with E-state index < -0.39 is 0 Å². The van der Waals surface area contributed by atoms with Gasteiger partial charge in [-0.3, -0.25) is 0 Å². The average Bonchev–Trinajstić information content (AvgIpc) is 2.96. The van der Waals surface area contributed by atoms with Crippen molar-refractivity contribution in [3.05, 3.63) is 36.0 Å². The summed E-state index contributed by atoms with van der Waals surface area (Å²) in [6.45, 7) is 1.76. The fourth-order valence-corrected chi connectivity index (χ4v) is 1.81. The molecule has 3 rings (SSSR count). The Morgan fingerprint density at radius 3 is 2.04 bits per heavy atom. The summed E-state index contributed by atoms with van der Waals surface area (Å²) in [6, 6.07) is 9.65. The van der Waals surface area contributed by atoms with Gasteiger partial charge in [0.15, 0.2) is 0 Å². The molecule has 0 N–H and O–H groups in total. The topological polar surface area (TPSA) is 92.4 Å². The minimum Gasteiger partial charge on any atom is -0.467 e. The van der Waals surface area contributed by atoms with Crippen LogP contribution in [0.25, 0.3) is 11.5 Å². The maximum atomic E-state index is 5.64. The number of hydrogen-bond donors (Lipinski definition) is 0. The molecular formula is C15H14N4O4. The smallest absolute Gasteiger partial charge is 0.333 e. The number of nitrogens with zero attached hydrogens (tertiary/aromatic N) is 4. The molecule has 0 aliphatic carbocycles. The van der Waals surface area contributed by atoms with E-state index in [2.05, 4.69) is 19.9 Å². The molecule has 0 bridgehead atoms. The molecule has 8 nitrogen and oxygen atoms in total. The summed E-state index contributed by atoms with van der Waals surface area (Å²) in [5, 5.41) is 0. The standard InChI is InChI=1S/C15H14N4O4/c1-9-12(22-11(16-9)10-7-5-4-6-8-10)23-15-18-13(20-2)17-14(19-15)21-3/h4-8H,1-3H3. The second kappa shape index (κ2) is 6.30. The molecule has 0 saturated carbocycles. The number of rotatable bonds is 5. The molecule has 0 atom stereocenters. The van der Waals surface area contributed by atoms with E-state index in [4.69, 9.17) is 18.6 Å². The number of ether oxygens (including phenoxy) is 3. The van der Waals surface area contributed by atoms with E-state index in [1.165, 1.54) is 14.2 Å². The predicted molar refractivity (Wildman–Crippen MR) is 79.7 cm³/mol. The molecular weight excluding hydrogens is 300 g/mol. The van der Waals surface area contributed by atoms with Crippen LogP contribution in [-0.4, -0.2) is 34.2 Å². The van der Waals surface area contributed by atoms with Gasteiger partial charge in [-0.1, -0.05) is 18.2 Å². The summed E-state index contributed by atoms with van der Waals surface area (Å²) in [5.74, 6) is 0.644. The lowest BCUT2D eigenvalue weighted by atomic mass is 10.2. The summed E-state index contributed by atoms with van der Waals surface area (Å²) in [7, 11) is 2.87. The van der Waals surface area contributed by atoms with Crippen LogP contribution < -0.4 is 14.2 Å². The third-order valence-corrected chi connectivity index (χ3v) is 2.90. The highest BCUT2D eigenvalue weighted by atomic mass is 16.6. The maximum absolute atomic E-state index is 5.64. The predicted octanol–water partition coefficient (Wildman–Crippen LogP) is 2.64. The number of benzene rings is 1. The second-order valence-electron chi connectivity index (χ2n) is 4.45. The Labute approximate surface area is 132 Å². The highest BCUT2D eigenvalue weighted by molar-refractivity contribution is 5.53. The van der Waals surface area contributed by atoms with Crippen LogP contribution in [0.2, 0.25) is 0 Å². The van der Waals surface area contributed by atoms with Gasteiger partial charge in [0.2, 0.25) is 5.89 Å². The van der Waals surface area contributed by atoms with Gasteiger partial charge in [0.25, 0.3) is 0 Å². The molecule has 0 unspecified atom stereocenters. The van der Waals surface area contributed by atoms with E-state index >= 15 is 0 Å². The van der Waals surface area contributed by atoms with Gasteiger partial charge < -0.3 is 18.6 Å². The van der Waals surface area contributed by atoms with Crippen molar-refractivity contribution in [2.24, 2.45) is 0 Å². The fraction of sp³-hybridized carbons (Fsp3) is 0.200. The zero-order valence-corrected chi connectivity index (χ0v) is 12.8. The van der Waals surface area contributed by atoms with Gasteiger partial charge in [0.05, 0.1) is 14.2 Å². The lowest BCUT2D eigenvalue weighted by Crippen LogP contribution is -2.01. The molecule has 0 spiro atoms. The first kappa shape index (κ1) is 14.8. The van der Waals surface area contributed by atoms with E-state index in [9.17, 15) is 0 Å². The number of oxazole rings is 1. The number of aryl methyl sites for hydroxylation is 1. The van der Waals surface area contributed by atoms with Crippen molar-refractivity contribution in [3.8, 4) is 35.4 Å². The first-order valence-electron chi connectivity index (χ1n) is 6.74. The van der Waals surface area contributed by atoms with E-state index in [-0.39, 0.29) is 24.0 Å². The van der Waals surface area contributed by atoms with Gasteiger partial charge >= 0.3 is 24.0 Å². The third kappa shape index (κ3) is 3.20. The Balaban J connectivity index is 1.90. The van der Waals surface area contributed by atoms with Crippen LogP contribution in [0, 0.1) is 6.92 Å². The maximum Gasteiger partial charge on any atom is 0.333 e. The molecule has 0 fully saturated rings. The summed E-state index contributed by atoms with van der Waals surface area (Å²) < 4.78 is 21.1. The summed E-state index contributed by atoms with van der Waals surface area (Å²) in [6.07, 6.45) is 0. The zero-order valence-electron chi connectivity index (χ0n) is 12.8.